The topological polar surface area (TPSA) is 97.0 Å². The van der Waals surface area contributed by atoms with E-state index in [1.54, 1.807) is 18.9 Å². The monoisotopic (exact) mass is 431 g/mol. The highest BCUT2D eigenvalue weighted by atomic mass is 32.2. The molecule has 8 nitrogen and oxygen atoms in total. The number of ether oxygens (including phenoxy) is 2. The van der Waals surface area contributed by atoms with Crippen LogP contribution in [0.5, 0.6) is 5.75 Å². The minimum Gasteiger partial charge on any atom is -0.497 e. The summed E-state index contributed by atoms with van der Waals surface area (Å²) in [6, 6.07) is 8.07. The van der Waals surface area contributed by atoms with Crippen LogP contribution in [0, 0.1) is 0 Å². The van der Waals surface area contributed by atoms with Crippen LogP contribution in [0.1, 0.15) is 18.4 Å². The molecule has 4 rings (SSSR count). The molecular weight excluding hydrogens is 402 g/mol. The van der Waals surface area contributed by atoms with Gasteiger partial charge in [0, 0.05) is 25.4 Å². The fraction of sp³-hybridized carbons (Fsp3) is 0.524. The highest BCUT2D eigenvalue weighted by Gasteiger charge is 2.29. The number of benzene rings is 1. The molecule has 0 saturated carbocycles. The maximum absolute atomic E-state index is 9.80. The van der Waals surface area contributed by atoms with Crippen molar-refractivity contribution in [2.75, 3.05) is 62.1 Å². The zero-order valence-corrected chi connectivity index (χ0v) is 18.1. The van der Waals surface area contributed by atoms with Crippen molar-refractivity contribution in [3.05, 3.63) is 29.8 Å². The number of hydrogen-bond donors (Lipinski definition) is 2. The van der Waals surface area contributed by atoms with Crippen molar-refractivity contribution in [3.63, 3.8) is 0 Å². The third kappa shape index (κ3) is 4.58. The van der Waals surface area contributed by atoms with Gasteiger partial charge < -0.3 is 30.1 Å². The molecule has 2 aliphatic heterocycles. The number of nitrogens with two attached hydrogens (primary N) is 1. The average Bonchev–Trinajstić information content (AvgIpc) is 3.28. The van der Waals surface area contributed by atoms with E-state index in [-0.39, 0.29) is 12.6 Å². The first-order chi connectivity index (χ1) is 14.7. The molecule has 0 radical (unpaired) electrons. The molecule has 1 aromatic heterocycles. The lowest BCUT2D eigenvalue weighted by Crippen LogP contribution is -2.38. The van der Waals surface area contributed by atoms with Crippen molar-refractivity contribution in [2.24, 2.45) is 0 Å². The quantitative estimate of drug-likeness (QED) is 0.505. The molecule has 3 N–H and O–H groups in total. The largest absolute Gasteiger partial charge is 0.497 e. The highest BCUT2D eigenvalue weighted by Crippen LogP contribution is 2.36. The van der Waals surface area contributed by atoms with Crippen LogP contribution >= 0.6 is 11.8 Å². The van der Waals surface area contributed by atoms with Crippen molar-refractivity contribution in [1.82, 2.24) is 9.97 Å². The Kier molecular flexibility index (Phi) is 6.81. The summed E-state index contributed by atoms with van der Waals surface area (Å²) in [5.74, 6) is 3.09. The number of hydrogen-bond acceptors (Lipinski definition) is 9. The molecule has 1 aromatic carbocycles. The van der Waals surface area contributed by atoms with Gasteiger partial charge in [-0.05, 0) is 30.5 Å². The fourth-order valence-corrected chi connectivity index (χ4v) is 4.69. The Morgan fingerprint density at radius 3 is 2.60 bits per heavy atom. The van der Waals surface area contributed by atoms with E-state index in [1.807, 2.05) is 12.1 Å². The second kappa shape index (κ2) is 9.72. The van der Waals surface area contributed by atoms with E-state index in [4.69, 9.17) is 25.2 Å². The molecule has 0 aliphatic carbocycles. The van der Waals surface area contributed by atoms with Crippen molar-refractivity contribution in [1.29, 1.82) is 0 Å². The molecule has 0 spiro atoms. The molecule has 9 heteroatoms. The summed E-state index contributed by atoms with van der Waals surface area (Å²) >= 11 is 1.59. The van der Waals surface area contributed by atoms with E-state index < -0.39 is 0 Å². The molecule has 1 atom stereocenters. The lowest BCUT2D eigenvalue weighted by molar-refractivity contribution is 0.122. The van der Waals surface area contributed by atoms with Crippen LogP contribution < -0.4 is 20.3 Å². The van der Waals surface area contributed by atoms with Gasteiger partial charge in [-0.15, -0.1) is 0 Å². The summed E-state index contributed by atoms with van der Waals surface area (Å²) in [5, 5.41) is 10.5. The number of nitrogens with zero attached hydrogens (tertiary/aromatic N) is 4. The van der Waals surface area contributed by atoms with E-state index in [0.29, 0.717) is 24.1 Å². The minimum atomic E-state index is 0.0548. The molecular formula is C21H29N5O3S. The van der Waals surface area contributed by atoms with Crippen molar-refractivity contribution in [3.8, 4) is 5.75 Å². The van der Waals surface area contributed by atoms with E-state index in [2.05, 4.69) is 21.9 Å². The van der Waals surface area contributed by atoms with Gasteiger partial charge in [0.2, 0.25) is 0 Å². The predicted octanol–water partition coefficient (Wildman–Crippen LogP) is 2.16. The van der Waals surface area contributed by atoms with Crippen molar-refractivity contribution < 1.29 is 14.6 Å². The van der Waals surface area contributed by atoms with Crippen LogP contribution in [0.3, 0.4) is 0 Å². The summed E-state index contributed by atoms with van der Waals surface area (Å²) in [6.07, 6.45) is 1.97. The molecule has 0 unspecified atom stereocenters. The Morgan fingerprint density at radius 1 is 1.17 bits per heavy atom. The van der Waals surface area contributed by atoms with Crippen LogP contribution in [-0.4, -0.2) is 67.7 Å². The number of methoxy groups -OCH3 is 1. The van der Waals surface area contributed by atoms with Crippen LogP contribution in [0.15, 0.2) is 29.4 Å². The number of rotatable bonds is 7. The highest BCUT2D eigenvalue weighted by molar-refractivity contribution is 7.98. The van der Waals surface area contributed by atoms with Gasteiger partial charge >= 0.3 is 0 Å². The fourth-order valence-electron chi connectivity index (χ4n) is 3.90. The van der Waals surface area contributed by atoms with Gasteiger partial charge in [-0.2, -0.15) is 0 Å². The number of aliphatic hydroxyl groups is 1. The molecule has 0 bridgehead atoms. The Bertz CT molecular complexity index is 845. The molecule has 162 valence electrons. The molecule has 2 saturated heterocycles. The maximum atomic E-state index is 9.80. The molecule has 2 aromatic rings. The van der Waals surface area contributed by atoms with Crippen LogP contribution in [-0.2, 0) is 10.5 Å². The second-order valence-corrected chi connectivity index (χ2v) is 8.42. The van der Waals surface area contributed by atoms with Crippen molar-refractivity contribution in [2.45, 2.75) is 29.8 Å². The SMILES string of the molecule is COc1ccc(CSc2nc(N3CCOCC3)c(N)c(N3CCC[C@H]3CO)n2)cc1. The van der Waals surface area contributed by atoms with Crippen LogP contribution in [0.4, 0.5) is 17.3 Å². The van der Waals surface area contributed by atoms with Crippen molar-refractivity contribution >= 4 is 29.1 Å². The average molecular weight is 432 g/mol. The third-order valence-electron chi connectivity index (χ3n) is 5.58. The normalized spacial score (nSPS) is 19.3. The first-order valence-corrected chi connectivity index (χ1v) is 11.3. The van der Waals surface area contributed by atoms with Gasteiger partial charge in [-0.1, -0.05) is 23.9 Å². The van der Waals surface area contributed by atoms with Crippen LogP contribution in [0.2, 0.25) is 0 Å². The van der Waals surface area contributed by atoms with Gasteiger partial charge in [-0.25, -0.2) is 9.97 Å². The maximum Gasteiger partial charge on any atom is 0.191 e. The van der Waals surface area contributed by atoms with E-state index >= 15 is 0 Å². The lowest BCUT2D eigenvalue weighted by atomic mass is 10.2. The molecule has 2 fully saturated rings. The van der Waals surface area contributed by atoms with Crippen LogP contribution in [0.25, 0.3) is 0 Å². The lowest BCUT2D eigenvalue weighted by Gasteiger charge is -2.32. The summed E-state index contributed by atoms with van der Waals surface area (Å²) in [7, 11) is 1.67. The number of thioether (sulfide) groups is 1. The number of morpholine rings is 1. The summed E-state index contributed by atoms with van der Waals surface area (Å²) in [6.45, 7) is 3.79. The zero-order chi connectivity index (χ0) is 20.9. The van der Waals surface area contributed by atoms with E-state index in [0.717, 1.165) is 55.6 Å². The standard InChI is InChI=1S/C21H29N5O3S/c1-28-17-6-4-15(5-7-17)14-30-21-23-19(25-9-11-29-12-10-25)18(22)20(24-21)26-8-2-3-16(26)13-27/h4-7,16,27H,2-3,8-14,22H2,1H3/t16-/m0/s1. The number of anilines is 3. The van der Waals surface area contributed by atoms with Gasteiger partial charge in [0.15, 0.2) is 16.8 Å². The number of aliphatic hydroxyl groups excluding tert-OH is 1. The Hall–Kier alpha value is -2.23. The second-order valence-electron chi connectivity index (χ2n) is 7.48. The number of nitrogen functional groups attached to an aromatic ring is 1. The van der Waals surface area contributed by atoms with E-state index in [1.165, 1.54) is 5.56 Å². The molecule has 3 heterocycles. The smallest absolute Gasteiger partial charge is 0.191 e. The molecule has 2 aliphatic rings. The zero-order valence-electron chi connectivity index (χ0n) is 17.3. The predicted molar refractivity (Wildman–Crippen MR) is 119 cm³/mol. The Balaban J connectivity index is 1.61. The number of aromatic nitrogens is 2. The Labute approximate surface area is 181 Å². The Morgan fingerprint density at radius 2 is 1.90 bits per heavy atom. The summed E-state index contributed by atoms with van der Waals surface area (Å²) < 4.78 is 10.7. The molecule has 30 heavy (non-hydrogen) atoms. The van der Waals surface area contributed by atoms with Gasteiger partial charge in [-0.3, -0.25) is 0 Å². The van der Waals surface area contributed by atoms with Gasteiger partial charge in [0.25, 0.3) is 0 Å². The summed E-state index contributed by atoms with van der Waals surface area (Å²) in [4.78, 5) is 13.9. The van der Waals surface area contributed by atoms with Gasteiger partial charge in [0.05, 0.1) is 33.0 Å². The molecule has 0 amide bonds. The van der Waals surface area contributed by atoms with E-state index in [9.17, 15) is 5.11 Å². The minimum absolute atomic E-state index is 0.0548. The third-order valence-corrected chi connectivity index (χ3v) is 6.50. The first kappa shape index (κ1) is 21.0. The first-order valence-electron chi connectivity index (χ1n) is 10.3. The summed E-state index contributed by atoms with van der Waals surface area (Å²) in [5.41, 5.74) is 8.33. The van der Waals surface area contributed by atoms with Gasteiger partial charge in [0.1, 0.15) is 11.4 Å².